The highest BCUT2D eigenvalue weighted by atomic mass is 35.5. The number of alkyl halides is 3. The van der Waals surface area contributed by atoms with Gasteiger partial charge >= 0.3 is 6.18 Å². The number of benzene rings is 1. The third-order valence-corrected chi connectivity index (χ3v) is 5.65. The Kier molecular flexibility index (Phi) is 5.94. The summed E-state index contributed by atoms with van der Waals surface area (Å²) in [4.78, 5) is 12.7. The predicted octanol–water partition coefficient (Wildman–Crippen LogP) is 5.35. The van der Waals surface area contributed by atoms with Crippen molar-refractivity contribution in [2.45, 2.75) is 26.6 Å². The lowest BCUT2D eigenvalue weighted by Crippen LogP contribution is -2.46. The zero-order chi connectivity index (χ0) is 22.2. The highest BCUT2D eigenvalue weighted by Gasteiger charge is 2.32. The number of aromatic nitrogens is 2. The molecular weight excluding hydrogens is 429 g/mol. The van der Waals surface area contributed by atoms with Crippen molar-refractivity contribution >= 4 is 17.4 Å². The van der Waals surface area contributed by atoms with Crippen LogP contribution in [0.5, 0.6) is 0 Å². The number of oxazole rings is 1. The van der Waals surface area contributed by atoms with Crippen LogP contribution in [-0.4, -0.2) is 41.0 Å². The number of nitrogens with zero attached hydrogens (tertiary/aromatic N) is 4. The van der Waals surface area contributed by atoms with E-state index in [0.717, 1.165) is 29.1 Å². The molecule has 0 N–H and O–H groups in total. The molecule has 0 radical (unpaired) electrons. The molecule has 5 nitrogen and oxygen atoms in total. The van der Waals surface area contributed by atoms with E-state index >= 15 is 0 Å². The van der Waals surface area contributed by atoms with Crippen molar-refractivity contribution in [3.63, 3.8) is 0 Å². The second-order valence-electron chi connectivity index (χ2n) is 7.75. The Morgan fingerprint density at radius 2 is 1.84 bits per heavy atom. The average molecular weight is 451 g/mol. The summed E-state index contributed by atoms with van der Waals surface area (Å²) in [6, 6.07) is 7.07. The molecule has 0 unspecified atom stereocenters. The third kappa shape index (κ3) is 4.85. The highest BCUT2D eigenvalue weighted by Crippen LogP contribution is 2.34. The Bertz CT molecular complexity index is 1070. The van der Waals surface area contributed by atoms with Crippen LogP contribution in [0.15, 0.2) is 41.1 Å². The van der Waals surface area contributed by atoms with Gasteiger partial charge in [0.1, 0.15) is 12.1 Å². The van der Waals surface area contributed by atoms with E-state index in [2.05, 4.69) is 20.9 Å². The molecule has 0 saturated carbocycles. The van der Waals surface area contributed by atoms with Crippen LogP contribution in [0.4, 0.5) is 19.0 Å². The molecule has 4 rings (SSSR count). The average Bonchev–Trinajstić information content (AvgIpc) is 3.16. The first kappa shape index (κ1) is 21.6. The van der Waals surface area contributed by atoms with Gasteiger partial charge in [0.2, 0.25) is 5.89 Å². The largest absolute Gasteiger partial charge is 0.444 e. The second kappa shape index (κ2) is 8.51. The van der Waals surface area contributed by atoms with Crippen molar-refractivity contribution in [3.05, 3.63) is 64.1 Å². The SMILES string of the molecule is Cc1ccc(-c2nc(CN3CCN(c4ncc(C(F)(F)F)cc4Cl)CC3)co2)c(C)c1. The molecule has 2 aromatic heterocycles. The maximum atomic E-state index is 12.8. The lowest BCUT2D eigenvalue weighted by atomic mass is 10.1. The monoisotopic (exact) mass is 450 g/mol. The summed E-state index contributed by atoms with van der Waals surface area (Å²) >= 11 is 6.08. The molecule has 9 heteroatoms. The van der Waals surface area contributed by atoms with E-state index < -0.39 is 11.7 Å². The summed E-state index contributed by atoms with van der Waals surface area (Å²) in [5.74, 6) is 0.986. The van der Waals surface area contributed by atoms with Crippen LogP contribution in [0.25, 0.3) is 11.5 Å². The van der Waals surface area contributed by atoms with Gasteiger partial charge in [-0.25, -0.2) is 9.97 Å². The molecule has 0 spiro atoms. The molecule has 3 heterocycles. The fourth-order valence-corrected chi connectivity index (χ4v) is 4.01. The number of rotatable bonds is 4. The van der Waals surface area contributed by atoms with Gasteiger partial charge in [-0.1, -0.05) is 29.3 Å². The van der Waals surface area contributed by atoms with Crippen molar-refractivity contribution < 1.29 is 17.6 Å². The Morgan fingerprint density at radius 1 is 1.10 bits per heavy atom. The number of anilines is 1. The summed E-state index contributed by atoms with van der Waals surface area (Å²) < 4.78 is 44.1. The van der Waals surface area contributed by atoms with Gasteiger partial charge in [-0.2, -0.15) is 13.2 Å². The molecule has 0 atom stereocenters. The lowest BCUT2D eigenvalue weighted by Gasteiger charge is -2.35. The molecule has 3 aromatic rings. The van der Waals surface area contributed by atoms with Gasteiger partial charge < -0.3 is 9.32 Å². The smallest absolute Gasteiger partial charge is 0.417 e. The van der Waals surface area contributed by atoms with Crippen LogP contribution in [-0.2, 0) is 12.7 Å². The minimum Gasteiger partial charge on any atom is -0.444 e. The number of aryl methyl sites for hydroxylation is 2. The molecular formula is C22H22ClF3N4O. The van der Waals surface area contributed by atoms with Crippen molar-refractivity contribution in [2.24, 2.45) is 0 Å². The Morgan fingerprint density at radius 3 is 2.48 bits per heavy atom. The zero-order valence-corrected chi connectivity index (χ0v) is 18.0. The quantitative estimate of drug-likeness (QED) is 0.536. The van der Waals surface area contributed by atoms with Crippen LogP contribution >= 0.6 is 11.6 Å². The minimum absolute atomic E-state index is 0.0119. The first-order valence-electron chi connectivity index (χ1n) is 9.93. The molecule has 1 aliphatic heterocycles. The zero-order valence-electron chi connectivity index (χ0n) is 17.2. The number of hydrogen-bond acceptors (Lipinski definition) is 5. The molecule has 164 valence electrons. The topological polar surface area (TPSA) is 45.4 Å². The fourth-order valence-electron chi connectivity index (χ4n) is 3.72. The van der Waals surface area contributed by atoms with Crippen molar-refractivity contribution in [3.8, 4) is 11.5 Å². The number of pyridine rings is 1. The van der Waals surface area contributed by atoms with Crippen LogP contribution in [0.3, 0.4) is 0 Å². The van der Waals surface area contributed by atoms with E-state index in [0.29, 0.717) is 44.4 Å². The maximum Gasteiger partial charge on any atom is 0.417 e. The van der Waals surface area contributed by atoms with Gasteiger partial charge in [0.05, 0.1) is 16.3 Å². The van der Waals surface area contributed by atoms with E-state index in [9.17, 15) is 13.2 Å². The molecule has 0 amide bonds. The molecule has 1 aliphatic rings. The van der Waals surface area contributed by atoms with E-state index in [4.69, 9.17) is 16.0 Å². The summed E-state index contributed by atoms with van der Waals surface area (Å²) in [5, 5.41) is 0.0119. The standard InChI is InChI=1S/C22H22ClF3N4O/c1-14-3-4-18(15(2)9-14)21-28-17(13-31-21)12-29-5-7-30(8-6-29)20-19(23)10-16(11-27-20)22(24,25)26/h3-4,9-11,13H,5-8,12H2,1-2H3. The summed E-state index contributed by atoms with van der Waals surface area (Å²) in [5.41, 5.74) is 3.28. The van der Waals surface area contributed by atoms with Crippen LogP contribution in [0, 0.1) is 13.8 Å². The highest BCUT2D eigenvalue weighted by molar-refractivity contribution is 6.33. The number of piperazine rings is 1. The fraction of sp³-hybridized carbons (Fsp3) is 0.364. The summed E-state index contributed by atoms with van der Waals surface area (Å²) in [6.07, 6.45) is -1.95. The molecule has 31 heavy (non-hydrogen) atoms. The van der Waals surface area contributed by atoms with Gasteiger partial charge in [0, 0.05) is 44.5 Å². The van der Waals surface area contributed by atoms with Crippen LogP contribution < -0.4 is 4.90 Å². The first-order chi connectivity index (χ1) is 14.7. The van der Waals surface area contributed by atoms with Crippen molar-refractivity contribution in [1.29, 1.82) is 0 Å². The Balaban J connectivity index is 1.37. The summed E-state index contributed by atoms with van der Waals surface area (Å²) in [7, 11) is 0. The number of halogens is 4. The van der Waals surface area contributed by atoms with Gasteiger partial charge in [-0.3, -0.25) is 4.90 Å². The molecule has 0 aliphatic carbocycles. The molecule has 0 bridgehead atoms. The molecule has 1 aromatic carbocycles. The van der Waals surface area contributed by atoms with Crippen LogP contribution in [0.1, 0.15) is 22.4 Å². The summed E-state index contributed by atoms with van der Waals surface area (Å²) in [6.45, 7) is 7.36. The van der Waals surface area contributed by atoms with E-state index in [-0.39, 0.29) is 5.02 Å². The first-order valence-corrected chi connectivity index (χ1v) is 10.3. The van der Waals surface area contributed by atoms with Crippen LogP contribution in [0.2, 0.25) is 5.02 Å². The second-order valence-corrected chi connectivity index (χ2v) is 8.16. The van der Waals surface area contributed by atoms with E-state index in [1.807, 2.05) is 30.9 Å². The van der Waals surface area contributed by atoms with Crippen molar-refractivity contribution in [2.75, 3.05) is 31.1 Å². The molecule has 1 saturated heterocycles. The van der Waals surface area contributed by atoms with Gasteiger partial charge in [0.25, 0.3) is 0 Å². The minimum atomic E-state index is -4.46. The van der Waals surface area contributed by atoms with Gasteiger partial charge in [-0.15, -0.1) is 0 Å². The van der Waals surface area contributed by atoms with E-state index in [1.54, 1.807) is 6.26 Å². The normalized spacial score (nSPS) is 15.5. The van der Waals surface area contributed by atoms with E-state index in [1.165, 1.54) is 5.56 Å². The third-order valence-electron chi connectivity index (χ3n) is 5.37. The van der Waals surface area contributed by atoms with Gasteiger partial charge in [-0.05, 0) is 31.5 Å². The Hall–Kier alpha value is -2.58. The van der Waals surface area contributed by atoms with Gasteiger partial charge in [0.15, 0.2) is 0 Å². The van der Waals surface area contributed by atoms with Crippen molar-refractivity contribution in [1.82, 2.24) is 14.9 Å². The number of hydrogen-bond donors (Lipinski definition) is 0. The maximum absolute atomic E-state index is 12.8. The molecule has 1 fully saturated rings. The predicted molar refractivity (Wildman–Crippen MR) is 113 cm³/mol. The Labute approximate surface area is 183 Å². The lowest BCUT2D eigenvalue weighted by molar-refractivity contribution is -0.137.